The summed E-state index contributed by atoms with van der Waals surface area (Å²) in [6.45, 7) is 5.06. The van der Waals surface area contributed by atoms with Crippen LogP contribution in [0.4, 0.5) is 0 Å². The first kappa shape index (κ1) is 21.6. The van der Waals surface area contributed by atoms with Gasteiger partial charge in [0.05, 0.1) is 4.90 Å². The summed E-state index contributed by atoms with van der Waals surface area (Å²) < 4.78 is 26.9. The van der Waals surface area contributed by atoms with Crippen molar-refractivity contribution in [3.05, 3.63) is 29.3 Å². The van der Waals surface area contributed by atoms with E-state index in [-0.39, 0.29) is 16.7 Å². The monoisotopic (exact) mass is 427 g/mol. The molecule has 1 aromatic carbocycles. The zero-order valence-corrected chi connectivity index (χ0v) is 17.8. The van der Waals surface area contributed by atoms with Crippen LogP contribution in [0.2, 0.25) is 5.02 Å². The van der Waals surface area contributed by atoms with E-state index in [1.54, 1.807) is 24.3 Å². The van der Waals surface area contributed by atoms with Crippen LogP contribution < -0.4 is 5.32 Å². The molecule has 2 aliphatic heterocycles. The summed E-state index contributed by atoms with van der Waals surface area (Å²) in [6, 6.07) is 6.27. The van der Waals surface area contributed by atoms with Gasteiger partial charge in [0.1, 0.15) is 0 Å². The maximum absolute atomic E-state index is 12.7. The van der Waals surface area contributed by atoms with Gasteiger partial charge in [0, 0.05) is 31.1 Å². The van der Waals surface area contributed by atoms with Gasteiger partial charge in [-0.1, -0.05) is 11.6 Å². The molecule has 156 valence electrons. The summed E-state index contributed by atoms with van der Waals surface area (Å²) in [7, 11) is -3.49. The van der Waals surface area contributed by atoms with Crippen molar-refractivity contribution in [2.45, 2.75) is 43.4 Å². The van der Waals surface area contributed by atoms with Gasteiger partial charge in [-0.15, -0.1) is 0 Å². The van der Waals surface area contributed by atoms with Gasteiger partial charge in [0.15, 0.2) is 0 Å². The number of likely N-dealkylation sites (tertiary alicyclic amines) is 1. The molecular weight excluding hydrogens is 398 g/mol. The number of carbonyl (C=O) groups excluding carboxylic acids is 1. The molecule has 0 unspecified atom stereocenters. The normalized spacial score (nSPS) is 19.8. The van der Waals surface area contributed by atoms with Crippen molar-refractivity contribution < 1.29 is 13.2 Å². The van der Waals surface area contributed by atoms with Crippen LogP contribution in [0.3, 0.4) is 0 Å². The molecule has 0 radical (unpaired) electrons. The van der Waals surface area contributed by atoms with E-state index in [1.165, 1.54) is 30.2 Å². The Bertz CT molecular complexity index is 740. The van der Waals surface area contributed by atoms with E-state index in [2.05, 4.69) is 10.2 Å². The smallest absolute Gasteiger partial charge is 0.243 e. The molecule has 8 heteroatoms. The number of piperidine rings is 1. The molecule has 0 spiro atoms. The van der Waals surface area contributed by atoms with Gasteiger partial charge < -0.3 is 10.2 Å². The largest absolute Gasteiger partial charge is 0.356 e. The van der Waals surface area contributed by atoms with Crippen LogP contribution in [-0.2, 0) is 14.8 Å². The highest BCUT2D eigenvalue weighted by Crippen LogP contribution is 2.26. The van der Waals surface area contributed by atoms with Crippen LogP contribution in [0.15, 0.2) is 29.2 Å². The highest BCUT2D eigenvalue weighted by Gasteiger charge is 2.30. The summed E-state index contributed by atoms with van der Waals surface area (Å²) in [5.41, 5.74) is 0. The number of amides is 1. The van der Waals surface area contributed by atoms with Gasteiger partial charge in [-0.2, -0.15) is 4.31 Å². The van der Waals surface area contributed by atoms with Crippen LogP contribution in [0, 0.1) is 5.92 Å². The van der Waals surface area contributed by atoms with Crippen molar-refractivity contribution in [2.24, 2.45) is 5.92 Å². The van der Waals surface area contributed by atoms with Crippen molar-refractivity contribution in [1.82, 2.24) is 14.5 Å². The van der Waals surface area contributed by atoms with Gasteiger partial charge in [0.25, 0.3) is 0 Å². The summed E-state index contributed by atoms with van der Waals surface area (Å²) >= 11 is 5.84. The fourth-order valence-corrected chi connectivity index (χ4v) is 5.58. The first-order valence-corrected chi connectivity index (χ1v) is 12.0. The van der Waals surface area contributed by atoms with Crippen molar-refractivity contribution in [2.75, 3.05) is 39.3 Å². The molecule has 0 bridgehead atoms. The Morgan fingerprint density at radius 2 is 1.71 bits per heavy atom. The minimum Gasteiger partial charge on any atom is -0.356 e. The fraction of sp³-hybridized carbons (Fsp3) is 0.650. The number of benzene rings is 1. The Kier molecular flexibility index (Phi) is 7.74. The molecule has 1 amide bonds. The van der Waals surface area contributed by atoms with Crippen molar-refractivity contribution in [1.29, 1.82) is 0 Å². The summed E-state index contributed by atoms with van der Waals surface area (Å²) in [4.78, 5) is 14.9. The van der Waals surface area contributed by atoms with E-state index >= 15 is 0 Å². The topological polar surface area (TPSA) is 69.7 Å². The fourth-order valence-electron chi connectivity index (χ4n) is 3.98. The minimum absolute atomic E-state index is 0.0837. The number of hydrogen-bond donors (Lipinski definition) is 1. The molecule has 6 nitrogen and oxygen atoms in total. The van der Waals surface area contributed by atoms with Crippen LogP contribution in [0.5, 0.6) is 0 Å². The molecule has 2 fully saturated rings. The lowest BCUT2D eigenvalue weighted by molar-refractivity contribution is -0.122. The van der Waals surface area contributed by atoms with Crippen LogP contribution in [-0.4, -0.2) is 62.8 Å². The van der Waals surface area contributed by atoms with E-state index in [9.17, 15) is 13.2 Å². The Morgan fingerprint density at radius 3 is 2.36 bits per heavy atom. The van der Waals surface area contributed by atoms with Gasteiger partial charge in [-0.3, -0.25) is 4.79 Å². The number of nitrogens with zero attached hydrogens (tertiary/aromatic N) is 2. The Hall–Kier alpha value is -1.15. The third kappa shape index (κ3) is 5.92. The third-order valence-electron chi connectivity index (χ3n) is 5.67. The SMILES string of the molecule is O=C(CC1CCN(S(=O)(=O)c2ccc(Cl)cc2)CC1)NCCCN1CCCC1. The standard InChI is InChI=1S/C20H30ClN3O3S/c21-18-4-6-19(7-5-18)28(26,27)24-14-8-17(9-15-24)16-20(25)22-10-3-13-23-11-1-2-12-23/h4-7,17H,1-3,8-16H2,(H,22,25). The number of rotatable bonds is 8. The predicted octanol–water partition coefficient (Wildman–Crippen LogP) is 2.73. The molecule has 1 aromatic rings. The van der Waals surface area contributed by atoms with Crippen LogP contribution in [0.25, 0.3) is 0 Å². The Labute approximate surface area is 173 Å². The average molecular weight is 428 g/mol. The van der Waals surface area contributed by atoms with Gasteiger partial charge in [-0.25, -0.2) is 8.42 Å². The van der Waals surface area contributed by atoms with Crippen molar-refractivity contribution in [3.63, 3.8) is 0 Å². The molecule has 2 heterocycles. The van der Waals surface area contributed by atoms with E-state index in [1.807, 2.05) is 0 Å². The maximum atomic E-state index is 12.7. The zero-order valence-electron chi connectivity index (χ0n) is 16.3. The summed E-state index contributed by atoms with van der Waals surface area (Å²) in [5.74, 6) is 0.329. The van der Waals surface area contributed by atoms with E-state index in [0.717, 1.165) is 19.5 Å². The second-order valence-electron chi connectivity index (χ2n) is 7.76. The van der Waals surface area contributed by atoms with Crippen molar-refractivity contribution in [3.8, 4) is 0 Å². The zero-order chi connectivity index (χ0) is 20.0. The molecular formula is C20H30ClN3O3S. The molecule has 0 atom stereocenters. The quantitative estimate of drug-likeness (QED) is 0.647. The highest BCUT2D eigenvalue weighted by atomic mass is 35.5. The number of nitrogens with one attached hydrogen (secondary N) is 1. The first-order chi connectivity index (χ1) is 13.4. The number of sulfonamides is 1. The molecule has 28 heavy (non-hydrogen) atoms. The van der Waals surface area contributed by atoms with Gasteiger partial charge in [0.2, 0.25) is 15.9 Å². The summed E-state index contributed by atoms with van der Waals surface area (Å²) in [5, 5.41) is 3.53. The highest BCUT2D eigenvalue weighted by molar-refractivity contribution is 7.89. The number of carbonyl (C=O) groups is 1. The number of halogens is 1. The lowest BCUT2D eigenvalue weighted by Crippen LogP contribution is -2.39. The summed E-state index contributed by atoms with van der Waals surface area (Å²) in [6.07, 6.45) is 5.49. The molecule has 0 aromatic heterocycles. The Morgan fingerprint density at radius 1 is 1.07 bits per heavy atom. The lowest BCUT2D eigenvalue weighted by Gasteiger charge is -2.31. The van der Waals surface area contributed by atoms with Gasteiger partial charge >= 0.3 is 0 Å². The third-order valence-corrected chi connectivity index (χ3v) is 7.84. The molecule has 3 rings (SSSR count). The van der Waals surface area contributed by atoms with Crippen LogP contribution >= 0.6 is 11.6 Å². The molecule has 0 aliphatic carbocycles. The first-order valence-electron chi connectivity index (χ1n) is 10.2. The van der Waals surface area contributed by atoms with E-state index in [4.69, 9.17) is 11.6 Å². The minimum atomic E-state index is -3.49. The number of hydrogen-bond acceptors (Lipinski definition) is 4. The molecule has 2 aliphatic rings. The van der Waals surface area contributed by atoms with Crippen LogP contribution in [0.1, 0.15) is 38.5 Å². The molecule has 0 saturated carbocycles. The maximum Gasteiger partial charge on any atom is 0.243 e. The second kappa shape index (κ2) is 10.1. The van der Waals surface area contributed by atoms with Gasteiger partial charge in [-0.05, 0) is 81.9 Å². The molecule has 2 saturated heterocycles. The van der Waals surface area contributed by atoms with E-state index < -0.39 is 10.0 Å². The van der Waals surface area contributed by atoms with Crippen molar-refractivity contribution >= 4 is 27.5 Å². The van der Waals surface area contributed by atoms with E-state index in [0.29, 0.717) is 37.4 Å². The molecule has 1 N–H and O–H groups in total. The predicted molar refractivity (Wildman–Crippen MR) is 111 cm³/mol. The lowest BCUT2D eigenvalue weighted by atomic mass is 9.94. The average Bonchev–Trinajstić information content (AvgIpc) is 3.20. The second-order valence-corrected chi connectivity index (χ2v) is 10.1. The Balaban J connectivity index is 1.37.